The van der Waals surface area contributed by atoms with E-state index in [0.717, 1.165) is 12.1 Å². The molecule has 0 spiro atoms. The molecule has 23 heavy (non-hydrogen) atoms. The average molecular weight is 366 g/mol. The van der Waals surface area contributed by atoms with Crippen molar-refractivity contribution in [1.82, 2.24) is 0 Å². The van der Waals surface area contributed by atoms with Gasteiger partial charge in [0.25, 0.3) is 15.7 Å². The van der Waals surface area contributed by atoms with E-state index in [9.17, 15) is 39.6 Å². The third kappa shape index (κ3) is 3.93. The van der Waals surface area contributed by atoms with Gasteiger partial charge in [0.2, 0.25) is 0 Å². The molecular formula is C11H8F6O5S. The number of hydrogen-bond donors (Lipinski definition) is 1. The van der Waals surface area contributed by atoms with Crippen LogP contribution in [0.2, 0.25) is 0 Å². The van der Waals surface area contributed by atoms with Crippen molar-refractivity contribution in [1.29, 1.82) is 0 Å². The topological polar surface area (TPSA) is 80.7 Å². The second kappa shape index (κ2) is 6.00. The Morgan fingerprint density at radius 3 is 1.78 bits per heavy atom. The minimum Gasteiger partial charge on any atom is -0.481 e. The van der Waals surface area contributed by atoms with Crippen LogP contribution in [0.1, 0.15) is 6.42 Å². The van der Waals surface area contributed by atoms with E-state index in [4.69, 9.17) is 5.11 Å². The lowest BCUT2D eigenvalue weighted by molar-refractivity contribution is -0.356. The predicted molar refractivity (Wildman–Crippen MR) is 61.8 cm³/mol. The van der Waals surface area contributed by atoms with E-state index in [1.54, 1.807) is 0 Å². The van der Waals surface area contributed by atoms with Crippen LogP contribution in [0.3, 0.4) is 0 Å². The molecule has 0 fully saturated rings. The molecule has 0 radical (unpaired) electrons. The summed E-state index contributed by atoms with van der Waals surface area (Å²) in [5.41, 5.74) is -5.40. The Bertz CT molecular complexity index is 650. The SMILES string of the molecule is O=C(O)CC(OS(=O)(=O)c1ccccc1)(C(F)(F)F)C(F)(F)F. The summed E-state index contributed by atoms with van der Waals surface area (Å²) in [6.45, 7) is 0. The first-order chi connectivity index (χ1) is 10.2. The molecule has 0 aliphatic carbocycles. The van der Waals surface area contributed by atoms with Gasteiger partial charge >= 0.3 is 18.3 Å². The quantitative estimate of drug-likeness (QED) is 0.640. The first-order valence-corrected chi connectivity index (χ1v) is 7.00. The van der Waals surface area contributed by atoms with Crippen LogP contribution in [0.25, 0.3) is 0 Å². The van der Waals surface area contributed by atoms with Gasteiger partial charge in [-0.05, 0) is 12.1 Å². The molecule has 5 nitrogen and oxygen atoms in total. The molecule has 130 valence electrons. The summed E-state index contributed by atoms with van der Waals surface area (Å²) in [6.07, 6.45) is -15.3. The van der Waals surface area contributed by atoms with Gasteiger partial charge in [0.05, 0.1) is 11.3 Å². The molecule has 1 aromatic carbocycles. The van der Waals surface area contributed by atoms with Crippen molar-refractivity contribution >= 4 is 16.1 Å². The lowest BCUT2D eigenvalue weighted by Gasteiger charge is -2.34. The summed E-state index contributed by atoms with van der Waals surface area (Å²) in [5.74, 6) is -2.54. The highest BCUT2D eigenvalue weighted by atomic mass is 32.2. The van der Waals surface area contributed by atoms with Crippen molar-refractivity contribution in [3.05, 3.63) is 30.3 Å². The molecular weight excluding hydrogens is 358 g/mol. The van der Waals surface area contributed by atoms with E-state index in [1.165, 1.54) is 6.07 Å². The van der Waals surface area contributed by atoms with E-state index in [0.29, 0.717) is 12.1 Å². The first-order valence-electron chi connectivity index (χ1n) is 5.59. The Kier molecular flexibility index (Phi) is 5.01. The Morgan fingerprint density at radius 2 is 1.43 bits per heavy atom. The zero-order valence-corrected chi connectivity index (χ0v) is 11.7. The number of carboxylic acid groups (broad SMARTS) is 1. The van der Waals surface area contributed by atoms with Crippen molar-refractivity contribution in [2.75, 3.05) is 0 Å². The second-order valence-corrected chi connectivity index (χ2v) is 5.79. The number of aliphatic carboxylic acids is 1. The molecule has 0 unspecified atom stereocenters. The van der Waals surface area contributed by atoms with Crippen LogP contribution in [0, 0.1) is 0 Å². The van der Waals surface area contributed by atoms with Crippen LogP contribution >= 0.6 is 0 Å². The Balaban J connectivity index is 3.50. The van der Waals surface area contributed by atoms with Gasteiger partial charge in [-0.3, -0.25) is 4.79 Å². The maximum Gasteiger partial charge on any atom is 0.428 e. The Morgan fingerprint density at radius 1 is 1.00 bits per heavy atom. The van der Waals surface area contributed by atoms with Gasteiger partial charge in [-0.15, -0.1) is 0 Å². The molecule has 0 saturated heterocycles. The van der Waals surface area contributed by atoms with E-state index in [-0.39, 0.29) is 0 Å². The fourth-order valence-corrected chi connectivity index (χ4v) is 2.73. The monoisotopic (exact) mass is 366 g/mol. The lowest BCUT2D eigenvalue weighted by Crippen LogP contribution is -2.60. The molecule has 0 atom stereocenters. The highest BCUT2D eigenvalue weighted by Gasteiger charge is 2.75. The van der Waals surface area contributed by atoms with Gasteiger partial charge < -0.3 is 5.11 Å². The zero-order valence-electron chi connectivity index (χ0n) is 10.9. The minimum atomic E-state index is -6.34. The molecule has 0 aliphatic rings. The molecule has 1 rings (SSSR count). The zero-order chi connectivity index (χ0) is 18.1. The summed E-state index contributed by atoms with van der Waals surface area (Å²) in [5, 5.41) is 8.37. The first kappa shape index (κ1) is 19.2. The number of carbonyl (C=O) groups is 1. The number of benzene rings is 1. The molecule has 0 heterocycles. The smallest absolute Gasteiger partial charge is 0.428 e. The number of halogens is 6. The van der Waals surface area contributed by atoms with Crippen molar-refractivity contribution in [2.24, 2.45) is 0 Å². The van der Waals surface area contributed by atoms with E-state index in [2.05, 4.69) is 4.18 Å². The van der Waals surface area contributed by atoms with Gasteiger partial charge in [-0.25, -0.2) is 4.18 Å². The van der Waals surface area contributed by atoms with E-state index < -0.39 is 45.4 Å². The maximum absolute atomic E-state index is 12.9. The van der Waals surface area contributed by atoms with Crippen LogP contribution in [0.5, 0.6) is 0 Å². The molecule has 12 heteroatoms. The molecule has 0 bridgehead atoms. The number of alkyl halides is 6. The fraction of sp³-hybridized carbons (Fsp3) is 0.364. The summed E-state index contributed by atoms with van der Waals surface area (Å²) in [6, 6.07) is 4.74. The van der Waals surface area contributed by atoms with Gasteiger partial charge in [0.15, 0.2) is 0 Å². The Labute approximate surface area is 125 Å². The highest BCUT2D eigenvalue weighted by molar-refractivity contribution is 7.86. The van der Waals surface area contributed by atoms with Crippen molar-refractivity contribution in [3.63, 3.8) is 0 Å². The van der Waals surface area contributed by atoms with Crippen molar-refractivity contribution in [2.45, 2.75) is 29.3 Å². The lowest BCUT2D eigenvalue weighted by atomic mass is 9.98. The van der Waals surface area contributed by atoms with Crippen LogP contribution in [-0.2, 0) is 19.1 Å². The summed E-state index contributed by atoms with van der Waals surface area (Å²) in [7, 11) is -5.53. The van der Waals surface area contributed by atoms with E-state index in [1.807, 2.05) is 0 Å². The van der Waals surface area contributed by atoms with Crippen LogP contribution < -0.4 is 0 Å². The average Bonchev–Trinajstić information content (AvgIpc) is 2.35. The summed E-state index contributed by atoms with van der Waals surface area (Å²) in [4.78, 5) is 9.47. The van der Waals surface area contributed by atoms with Gasteiger partial charge in [0.1, 0.15) is 0 Å². The fourth-order valence-electron chi connectivity index (χ4n) is 1.52. The van der Waals surface area contributed by atoms with Gasteiger partial charge in [-0.1, -0.05) is 18.2 Å². The largest absolute Gasteiger partial charge is 0.481 e. The molecule has 0 aromatic heterocycles. The molecule has 0 amide bonds. The van der Waals surface area contributed by atoms with E-state index >= 15 is 0 Å². The number of carboxylic acids is 1. The van der Waals surface area contributed by atoms with Crippen LogP contribution in [0.15, 0.2) is 35.2 Å². The highest BCUT2D eigenvalue weighted by Crippen LogP contribution is 2.49. The summed E-state index contributed by atoms with van der Waals surface area (Å²) >= 11 is 0. The summed E-state index contributed by atoms with van der Waals surface area (Å²) < 4.78 is 104. The Hall–Kier alpha value is -1.82. The number of hydrogen-bond acceptors (Lipinski definition) is 4. The van der Waals surface area contributed by atoms with Crippen molar-refractivity contribution < 1.29 is 48.8 Å². The van der Waals surface area contributed by atoms with Gasteiger partial charge in [-0.2, -0.15) is 34.8 Å². The standard InChI is InChI=1S/C11H8F6O5S/c12-10(13,14)9(6-8(18)19,11(15,16)17)22-23(20,21)7-4-2-1-3-5-7/h1-5H,6H2,(H,18,19). The maximum atomic E-state index is 12.9. The van der Waals surface area contributed by atoms with Crippen molar-refractivity contribution in [3.8, 4) is 0 Å². The normalized spacial score (nSPS) is 13.8. The van der Waals surface area contributed by atoms with Gasteiger partial charge in [0, 0.05) is 0 Å². The molecule has 1 aromatic rings. The van der Waals surface area contributed by atoms with Crippen LogP contribution in [-0.4, -0.2) is 37.4 Å². The molecule has 0 aliphatic heterocycles. The second-order valence-electron chi connectivity index (χ2n) is 4.24. The molecule has 0 saturated carbocycles. The molecule has 1 N–H and O–H groups in total. The third-order valence-corrected chi connectivity index (χ3v) is 3.95. The van der Waals surface area contributed by atoms with Crippen LogP contribution in [0.4, 0.5) is 26.3 Å². The predicted octanol–water partition coefficient (Wildman–Crippen LogP) is 2.73. The third-order valence-electron chi connectivity index (χ3n) is 2.60. The minimum absolute atomic E-state index is 0.702. The number of rotatable bonds is 5.